The van der Waals surface area contributed by atoms with Crippen LogP contribution in [0.25, 0.3) is 0 Å². The second kappa shape index (κ2) is 5.34. The zero-order valence-electron chi connectivity index (χ0n) is 11.0. The van der Waals surface area contributed by atoms with Crippen LogP contribution < -0.4 is 0 Å². The number of hydrogen-bond acceptors (Lipinski definition) is 4. The largest absolute Gasteiger partial charge is 0.481 e. The van der Waals surface area contributed by atoms with Crippen molar-refractivity contribution in [3.63, 3.8) is 0 Å². The first-order valence-corrected chi connectivity index (χ1v) is 6.32. The van der Waals surface area contributed by atoms with Crippen LogP contribution in [0.15, 0.2) is 12.5 Å². The van der Waals surface area contributed by atoms with E-state index in [1.165, 1.54) is 12.5 Å². The minimum absolute atomic E-state index is 0.125. The van der Waals surface area contributed by atoms with Crippen LogP contribution in [-0.4, -0.2) is 44.9 Å². The molecule has 6 heteroatoms. The maximum atomic E-state index is 12.4. The SMILES string of the molecule is CC(C)c1ncncc1C(=O)N1CC[C@@H](C(=O)O)C1. The monoisotopic (exact) mass is 263 g/mol. The van der Waals surface area contributed by atoms with E-state index in [4.69, 9.17) is 5.11 Å². The van der Waals surface area contributed by atoms with E-state index in [-0.39, 0.29) is 18.4 Å². The highest BCUT2D eigenvalue weighted by atomic mass is 16.4. The zero-order chi connectivity index (χ0) is 14.0. The van der Waals surface area contributed by atoms with E-state index in [2.05, 4.69) is 9.97 Å². The molecule has 2 heterocycles. The van der Waals surface area contributed by atoms with Crippen molar-refractivity contribution in [1.82, 2.24) is 14.9 Å². The third-order valence-electron chi connectivity index (χ3n) is 3.35. The van der Waals surface area contributed by atoms with E-state index in [0.717, 1.165) is 0 Å². The second-order valence-electron chi connectivity index (χ2n) is 5.05. The molecule has 102 valence electrons. The van der Waals surface area contributed by atoms with Gasteiger partial charge in [0.25, 0.3) is 5.91 Å². The molecule has 0 saturated carbocycles. The molecule has 0 radical (unpaired) electrons. The van der Waals surface area contributed by atoms with Gasteiger partial charge >= 0.3 is 5.97 Å². The third kappa shape index (κ3) is 2.72. The molecule has 0 unspecified atom stereocenters. The molecule has 1 aliphatic heterocycles. The van der Waals surface area contributed by atoms with Crippen LogP contribution in [0, 0.1) is 5.92 Å². The molecule has 1 atom stereocenters. The maximum Gasteiger partial charge on any atom is 0.308 e. The van der Waals surface area contributed by atoms with E-state index >= 15 is 0 Å². The van der Waals surface area contributed by atoms with Gasteiger partial charge in [0, 0.05) is 19.3 Å². The molecule has 0 aromatic carbocycles. The average Bonchev–Trinajstić information content (AvgIpc) is 2.87. The Morgan fingerprint density at radius 3 is 2.79 bits per heavy atom. The number of aromatic nitrogens is 2. The predicted molar refractivity (Wildman–Crippen MR) is 67.8 cm³/mol. The molecule has 1 aromatic heterocycles. The van der Waals surface area contributed by atoms with Gasteiger partial charge < -0.3 is 10.0 Å². The molecule has 6 nitrogen and oxygen atoms in total. The number of carboxylic acids is 1. The Morgan fingerprint density at radius 2 is 2.21 bits per heavy atom. The Balaban J connectivity index is 2.19. The fourth-order valence-corrected chi connectivity index (χ4v) is 2.28. The van der Waals surface area contributed by atoms with Crippen molar-refractivity contribution >= 4 is 11.9 Å². The summed E-state index contributed by atoms with van der Waals surface area (Å²) in [5, 5.41) is 8.96. The highest BCUT2D eigenvalue weighted by Gasteiger charge is 2.32. The lowest BCUT2D eigenvalue weighted by Gasteiger charge is -2.18. The van der Waals surface area contributed by atoms with E-state index in [1.807, 2.05) is 13.8 Å². The second-order valence-corrected chi connectivity index (χ2v) is 5.05. The molecule has 0 aliphatic carbocycles. The van der Waals surface area contributed by atoms with E-state index in [1.54, 1.807) is 4.90 Å². The van der Waals surface area contributed by atoms with Crippen LogP contribution in [0.2, 0.25) is 0 Å². The van der Waals surface area contributed by atoms with Crippen molar-refractivity contribution < 1.29 is 14.7 Å². The molecule has 2 rings (SSSR count). The van der Waals surface area contributed by atoms with Crippen molar-refractivity contribution in [2.45, 2.75) is 26.2 Å². The van der Waals surface area contributed by atoms with Gasteiger partial charge in [-0.05, 0) is 12.3 Å². The third-order valence-corrected chi connectivity index (χ3v) is 3.35. The van der Waals surface area contributed by atoms with Gasteiger partial charge in [0.15, 0.2) is 0 Å². The Morgan fingerprint density at radius 1 is 1.47 bits per heavy atom. The molecule has 0 spiro atoms. The van der Waals surface area contributed by atoms with Gasteiger partial charge in [-0.15, -0.1) is 0 Å². The number of likely N-dealkylation sites (tertiary alicyclic amines) is 1. The first-order chi connectivity index (χ1) is 9.00. The van der Waals surface area contributed by atoms with Crippen LogP contribution in [-0.2, 0) is 4.79 Å². The number of rotatable bonds is 3. The molecule has 1 fully saturated rings. The van der Waals surface area contributed by atoms with Gasteiger partial charge in [-0.25, -0.2) is 9.97 Å². The summed E-state index contributed by atoms with van der Waals surface area (Å²) in [7, 11) is 0. The van der Waals surface area contributed by atoms with Gasteiger partial charge in [0.2, 0.25) is 0 Å². The van der Waals surface area contributed by atoms with E-state index < -0.39 is 11.9 Å². The topological polar surface area (TPSA) is 83.4 Å². The average molecular weight is 263 g/mol. The van der Waals surface area contributed by atoms with Crippen LogP contribution >= 0.6 is 0 Å². The molecule has 1 aromatic rings. The highest BCUT2D eigenvalue weighted by Crippen LogP contribution is 2.22. The fourth-order valence-electron chi connectivity index (χ4n) is 2.28. The molecule has 0 bridgehead atoms. The molecule has 1 saturated heterocycles. The maximum absolute atomic E-state index is 12.4. The van der Waals surface area contributed by atoms with Crippen LogP contribution in [0.3, 0.4) is 0 Å². The summed E-state index contributed by atoms with van der Waals surface area (Å²) in [5.74, 6) is -1.35. The van der Waals surface area contributed by atoms with Crippen LogP contribution in [0.4, 0.5) is 0 Å². The Labute approximate surface area is 111 Å². The van der Waals surface area contributed by atoms with Crippen molar-refractivity contribution in [1.29, 1.82) is 0 Å². The van der Waals surface area contributed by atoms with Crippen molar-refractivity contribution in [3.05, 3.63) is 23.8 Å². The van der Waals surface area contributed by atoms with Gasteiger partial charge in [-0.1, -0.05) is 13.8 Å². The highest BCUT2D eigenvalue weighted by molar-refractivity contribution is 5.95. The van der Waals surface area contributed by atoms with Crippen LogP contribution in [0.1, 0.15) is 42.2 Å². The van der Waals surface area contributed by atoms with Crippen molar-refractivity contribution in [2.24, 2.45) is 5.92 Å². The number of carbonyl (C=O) groups excluding carboxylic acids is 1. The summed E-state index contributed by atoms with van der Waals surface area (Å²) >= 11 is 0. The lowest BCUT2D eigenvalue weighted by molar-refractivity contribution is -0.141. The minimum Gasteiger partial charge on any atom is -0.481 e. The van der Waals surface area contributed by atoms with Gasteiger partial charge in [-0.2, -0.15) is 0 Å². The Bertz CT molecular complexity index is 502. The predicted octanol–water partition coefficient (Wildman–Crippen LogP) is 1.15. The first-order valence-electron chi connectivity index (χ1n) is 6.32. The number of aliphatic carboxylic acids is 1. The number of carbonyl (C=O) groups is 2. The smallest absolute Gasteiger partial charge is 0.308 e. The molecular weight excluding hydrogens is 246 g/mol. The van der Waals surface area contributed by atoms with Crippen molar-refractivity contribution in [3.8, 4) is 0 Å². The summed E-state index contributed by atoms with van der Waals surface area (Å²) in [5.41, 5.74) is 1.18. The van der Waals surface area contributed by atoms with Gasteiger partial charge in [0.05, 0.1) is 17.2 Å². The lowest BCUT2D eigenvalue weighted by atomic mass is 10.0. The molecule has 1 aliphatic rings. The standard InChI is InChI=1S/C13H17N3O3/c1-8(2)11-10(5-14-7-15-11)12(17)16-4-3-9(6-16)13(18)19/h5,7-9H,3-4,6H2,1-2H3,(H,18,19)/t9-/m1/s1. The van der Waals surface area contributed by atoms with E-state index in [9.17, 15) is 9.59 Å². The summed E-state index contributed by atoms with van der Waals surface area (Å²) in [6, 6.07) is 0. The Hall–Kier alpha value is -1.98. The number of amides is 1. The first kappa shape index (κ1) is 13.5. The molecular formula is C13H17N3O3. The summed E-state index contributed by atoms with van der Waals surface area (Å²) in [4.78, 5) is 32.9. The summed E-state index contributed by atoms with van der Waals surface area (Å²) in [6.07, 6.45) is 3.45. The molecule has 1 amide bonds. The molecule has 1 N–H and O–H groups in total. The summed E-state index contributed by atoms with van der Waals surface area (Å²) < 4.78 is 0. The van der Waals surface area contributed by atoms with Crippen molar-refractivity contribution in [2.75, 3.05) is 13.1 Å². The normalized spacial score (nSPS) is 18.9. The minimum atomic E-state index is -0.844. The number of nitrogens with zero attached hydrogens (tertiary/aromatic N) is 3. The van der Waals surface area contributed by atoms with Gasteiger partial charge in [0.1, 0.15) is 6.33 Å². The Kier molecular flexibility index (Phi) is 3.78. The number of hydrogen-bond donors (Lipinski definition) is 1. The number of carboxylic acid groups (broad SMARTS) is 1. The zero-order valence-corrected chi connectivity index (χ0v) is 11.0. The van der Waals surface area contributed by atoms with Gasteiger partial charge in [-0.3, -0.25) is 9.59 Å². The summed E-state index contributed by atoms with van der Waals surface area (Å²) in [6.45, 7) is 4.66. The van der Waals surface area contributed by atoms with Crippen LogP contribution in [0.5, 0.6) is 0 Å². The quantitative estimate of drug-likeness (QED) is 0.884. The molecule has 19 heavy (non-hydrogen) atoms. The lowest BCUT2D eigenvalue weighted by Crippen LogP contribution is -2.31. The van der Waals surface area contributed by atoms with E-state index in [0.29, 0.717) is 24.2 Å². The fraction of sp³-hybridized carbons (Fsp3) is 0.538.